The first-order valence-electron chi connectivity index (χ1n) is 10.6. The molecule has 2 aromatic rings. The largest absolute Gasteiger partial charge is 0.342 e. The van der Waals surface area contributed by atoms with Gasteiger partial charge in [0.25, 0.3) is 11.8 Å². The molecule has 0 unspecified atom stereocenters. The van der Waals surface area contributed by atoms with Gasteiger partial charge in [-0.25, -0.2) is 4.39 Å². The second-order valence-electron chi connectivity index (χ2n) is 8.38. The lowest BCUT2D eigenvalue weighted by Gasteiger charge is -2.37. The fourth-order valence-electron chi connectivity index (χ4n) is 5.05. The average molecular weight is 419 g/mol. The van der Waals surface area contributed by atoms with Crippen LogP contribution in [0.1, 0.15) is 53.2 Å². The van der Waals surface area contributed by atoms with Gasteiger partial charge in [-0.1, -0.05) is 30.3 Å². The van der Waals surface area contributed by atoms with Crippen LogP contribution in [0.25, 0.3) is 0 Å². The molecule has 3 aliphatic rings. The molecule has 0 aliphatic carbocycles. The number of piperidine rings is 1. The van der Waals surface area contributed by atoms with E-state index in [0.717, 1.165) is 24.5 Å². The summed E-state index contributed by atoms with van der Waals surface area (Å²) < 4.78 is 19.9. The quantitative estimate of drug-likeness (QED) is 0.748. The van der Waals surface area contributed by atoms with Gasteiger partial charge < -0.3 is 14.5 Å². The number of carbonyl (C=O) groups is 2. The summed E-state index contributed by atoms with van der Waals surface area (Å²) in [7, 11) is 0. The van der Waals surface area contributed by atoms with Crippen molar-refractivity contribution in [1.82, 2.24) is 9.80 Å². The number of nitrogens with zero attached hydrogens (tertiary/aromatic N) is 3. The molecule has 5 rings (SSSR count). The lowest BCUT2D eigenvalue weighted by atomic mass is 9.89. The van der Waals surface area contributed by atoms with Crippen molar-refractivity contribution in [3.63, 3.8) is 0 Å². The lowest BCUT2D eigenvalue weighted by Crippen LogP contribution is -2.51. The molecule has 2 amide bonds. The topological polar surface area (TPSA) is 73.6 Å². The van der Waals surface area contributed by atoms with E-state index in [9.17, 15) is 14.0 Å². The van der Waals surface area contributed by atoms with Crippen molar-refractivity contribution in [2.24, 2.45) is 0 Å². The van der Waals surface area contributed by atoms with Crippen LogP contribution in [0.4, 0.5) is 4.39 Å². The van der Waals surface area contributed by atoms with Gasteiger partial charge in [-0.05, 0) is 36.6 Å². The number of carbonyl (C=O) groups excluding carboxylic acids is 2. The molecule has 3 heterocycles. The number of hydrogen-bond acceptors (Lipinski definition) is 4. The third kappa shape index (κ3) is 3.19. The first-order chi connectivity index (χ1) is 15.0. The average Bonchev–Trinajstić information content (AvgIpc) is 3.33. The Bertz CT molecular complexity index is 1070. The maximum absolute atomic E-state index is 13.6. The van der Waals surface area contributed by atoms with Crippen LogP contribution in [0.5, 0.6) is 0 Å². The monoisotopic (exact) mass is 419 g/mol. The zero-order valence-electron chi connectivity index (χ0n) is 17.0. The van der Waals surface area contributed by atoms with Crippen molar-refractivity contribution in [1.29, 1.82) is 5.26 Å². The third-order valence-electron chi connectivity index (χ3n) is 6.70. The molecule has 158 valence electrons. The molecule has 7 heteroatoms. The van der Waals surface area contributed by atoms with E-state index in [-0.39, 0.29) is 35.2 Å². The molecule has 31 heavy (non-hydrogen) atoms. The van der Waals surface area contributed by atoms with Crippen molar-refractivity contribution in [3.05, 3.63) is 71.0 Å². The summed E-state index contributed by atoms with van der Waals surface area (Å²) in [4.78, 5) is 29.8. The van der Waals surface area contributed by atoms with Gasteiger partial charge in [-0.3, -0.25) is 9.59 Å². The Labute approximate surface area is 179 Å². The number of hydrogen-bond donors (Lipinski definition) is 0. The first kappa shape index (κ1) is 19.7. The van der Waals surface area contributed by atoms with Gasteiger partial charge >= 0.3 is 0 Å². The Morgan fingerprint density at radius 1 is 1.13 bits per heavy atom. The normalized spacial score (nSPS) is 24.3. The number of amides is 2. The van der Waals surface area contributed by atoms with Crippen LogP contribution in [0.2, 0.25) is 0 Å². The fourth-order valence-corrected chi connectivity index (χ4v) is 5.05. The Kier molecular flexibility index (Phi) is 4.75. The summed E-state index contributed by atoms with van der Waals surface area (Å²) >= 11 is 0. The molecular formula is C24H22FN3O3. The number of ether oxygens (including phenoxy) is 1. The minimum atomic E-state index is -0.879. The highest BCUT2D eigenvalue weighted by Gasteiger charge is 2.58. The van der Waals surface area contributed by atoms with Gasteiger partial charge in [0.2, 0.25) is 0 Å². The van der Waals surface area contributed by atoms with Crippen molar-refractivity contribution in [3.8, 4) is 6.07 Å². The summed E-state index contributed by atoms with van der Waals surface area (Å²) in [5.41, 5.74) is 0.366. The predicted molar refractivity (Wildman–Crippen MR) is 109 cm³/mol. The standard InChI is InChI=1S/C24H22FN3O3/c25-19-7-6-17(14-18(19)15-26)22(29)27-12-10-24(11-13-27)23(30)28-20(8-9-21(28)31-24)16-4-2-1-3-5-16/h1-7,14,20-21H,8-13H2/t20-,21+/m0/s1. The van der Waals surface area contributed by atoms with Gasteiger partial charge in [-0.2, -0.15) is 5.26 Å². The highest BCUT2D eigenvalue weighted by Crippen LogP contribution is 2.47. The van der Waals surface area contributed by atoms with E-state index in [1.807, 2.05) is 35.2 Å². The van der Waals surface area contributed by atoms with E-state index < -0.39 is 11.4 Å². The Balaban J connectivity index is 1.30. The second kappa shape index (κ2) is 7.47. The van der Waals surface area contributed by atoms with Crippen LogP contribution in [0, 0.1) is 17.1 Å². The molecule has 6 nitrogen and oxygen atoms in total. The molecule has 1 spiro atoms. The van der Waals surface area contributed by atoms with Gasteiger partial charge in [-0.15, -0.1) is 0 Å². The van der Waals surface area contributed by atoms with Crippen LogP contribution in [-0.2, 0) is 9.53 Å². The maximum atomic E-state index is 13.6. The van der Waals surface area contributed by atoms with E-state index >= 15 is 0 Å². The minimum absolute atomic E-state index is 0.0181. The molecule has 0 radical (unpaired) electrons. The number of halogens is 1. The van der Waals surface area contributed by atoms with Crippen molar-refractivity contribution >= 4 is 11.8 Å². The number of benzene rings is 2. The van der Waals surface area contributed by atoms with Crippen molar-refractivity contribution < 1.29 is 18.7 Å². The number of fused-ring (bicyclic) bond motifs is 1. The third-order valence-corrected chi connectivity index (χ3v) is 6.70. The molecule has 0 aromatic heterocycles. The SMILES string of the molecule is N#Cc1cc(C(=O)N2CCC3(CC2)O[C@@H]2CC[C@@H](c4ccccc4)N2C3=O)ccc1F. The van der Waals surface area contributed by atoms with Crippen LogP contribution >= 0.6 is 0 Å². The molecule has 0 N–H and O–H groups in total. The first-order valence-corrected chi connectivity index (χ1v) is 10.6. The fraction of sp³-hybridized carbons (Fsp3) is 0.375. The van der Waals surface area contributed by atoms with Crippen LogP contribution in [-0.4, -0.2) is 46.5 Å². The number of rotatable bonds is 2. The summed E-state index contributed by atoms with van der Waals surface area (Å²) in [5.74, 6) is -0.890. The van der Waals surface area contributed by atoms with E-state index in [1.54, 1.807) is 11.0 Å². The van der Waals surface area contributed by atoms with E-state index in [1.165, 1.54) is 12.1 Å². The van der Waals surface area contributed by atoms with Gasteiger partial charge in [0.1, 0.15) is 18.1 Å². The molecule has 3 fully saturated rings. The van der Waals surface area contributed by atoms with E-state index in [0.29, 0.717) is 25.9 Å². The summed E-state index contributed by atoms with van der Waals surface area (Å²) in [6.07, 6.45) is 2.33. The van der Waals surface area contributed by atoms with E-state index in [2.05, 4.69) is 0 Å². The second-order valence-corrected chi connectivity index (χ2v) is 8.38. The highest BCUT2D eigenvalue weighted by atomic mass is 19.1. The highest BCUT2D eigenvalue weighted by molar-refractivity contribution is 5.95. The van der Waals surface area contributed by atoms with Gasteiger partial charge in [0.15, 0.2) is 5.60 Å². The van der Waals surface area contributed by atoms with Crippen LogP contribution in [0.3, 0.4) is 0 Å². The zero-order valence-corrected chi connectivity index (χ0v) is 17.0. The van der Waals surface area contributed by atoms with Crippen LogP contribution in [0.15, 0.2) is 48.5 Å². The number of nitriles is 1. The van der Waals surface area contributed by atoms with Crippen molar-refractivity contribution in [2.45, 2.75) is 43.6 Å². The van der Waals surface area contributed by atoms with Crippen LogP contribution < -0.4 is 0 Å². The maximum Gasteiger partial charge on any atom is 0.257 e. The molecular weight excluding hydrogens is 397 g/mol. The Morgan fingerprint density at radius 3 is 2.58 bits per heavy atom. The smallest absolute Gasteiger partial charge is 0.257 e. The summed E-state index contributed by atoms with van der Waals surface area (Å²) in [5, 5.41) is 9.01. The molecule has 3 saturated heterocycles. The van der Waals surface area contributed by atoms with Crippen molar-refractivity contribution in [2.75, 3.05) is 13.1 Å². The molecule has 0 saturated carbocycles. The van der Waals surface area contributed by atoms with Gasteiger partial charge in [0, 0.05) is 31.5 Å². The number of likely N-dealkylation sites (tertiary alicyclic amines) is 1. The predicted octanol–water partition coefficient (Wildman–Crippen LogP) is 3.39. The minimum Gasteiger partial charge on any atom is -0.342 e. The molecule has 2 atom stereocenters. The molecule has 3 aliphatic heterocycles. The molecule has 2 aromatic carbocycles. The molecule has 0 bridgehead atoms. The summed E-state index contributed by atoms with van der Waals surface area (Å²) in [6, 6.07) is 15.6. The Hall–Kier alpha value is -3.24. The lowest BCUT2D eigenvalue weighted by molar-refractivity contribution is -0.142. The van der Waals surface area contributed by atoms with E-state index in [4.69, 9.17) is 10.00 Å². The zero-order chi connectivity index (χ0) is 21.6. The van der Waals surface area contributed by atoms with Gasteiger partial charge in [0.05, 0.1) is 11.6 Å². The summed E-state index contributed by atoms with van der Waals surface area (Å²) in [6.45, 7) is 0.751. The Morgan fingerprint density at radius 2 is 1.87 bits per heavy atom.